The Morgan fingerprint density at radius 3 is 2.04 bits per heavy atom. The molecule has 6 nitrogen and oxygen atoms in total. The highest BCUT2D eigenvalue weighted by molar-refractivity contribution is 5.75. The largest absolute Gasteiger partial charge is 0.497 e. The van der Waals surface area contributed by atoms with E-state index in [1.807, 2.05) is 24.3 Å². The average molecular weight is 336 g/mol. The summed E-state index contributed by atoms with van der Waals surface area (Å²) in [5, 5.41) is 10.5. The van der Waals surface area contributed by atoms with Crippen LogP contribution in [-0.4, -0.2) is 44.5 Å². The van der Waals surface area contributed by atoms with E-state index in [-0.39, 0.29) is 11.9 Å². The van der Waals surface area contributed by atoms with E-state index in [9.17, 15) is 14.7 Å². The molecule has 1 aliphatic carbocycles. The summed E-state index contributed by atoms with van der Waals surface area (Å²) in [7, 11) is 4.24. The average Bonchev–Trinajstić information content (AvgIpc) is 2.79. The Balaban J connectivity index is 2.32. The number of carbonyl (C=O) groups is 2. The lowest BCUT2D eigenvalue weighted by Gasteiger charge is -2.25. The minimum absolute atomic E-state index is 0.229. The van der Waals surface area contributed by atoms with Gasteiger partial charge in [-0.3, -0.25) is 9.59 Å². The molecule has 1 fully saturated rings. The molecular formula is C18H24O6. The number of ether oxygens (including phenoxy) is 3. The smallest absolute Gasteiger partial charge is 0.311 e. The molecule has 1 N–H and O–H groups in total. The van der Waals surface area contributed by atoms with Gasteiger partial charge in [-0.05, 0) is 42.9 Å². The van der Waals surface area contributed by atoms with Crippen LogP contribution in [0.2, 0.25) is 0 Å². The predicted octanol–water partition coefficient (Wildman–Crippen LogP) is 1.90. The van der Waals surface area contributed by atoms with Crippen molar-refractivity contribution in [2.75, 3.05) is 21.3 Å². The lowest BCUT2D eigenvalue weighted by molar-refractivity contribution is -0.150. The third kappa shape index (κ3) is 3.87. The van der Waals surface area contributed by atoms with Crippen LogP contribution in [0.3, 0.4) is 0 Å². The van der Waals surface area contributed by atoms with E-state index in [1.165, 1.54) is 14.2 Å². The third-order valence-corrected chi connectivity index (χ3v) is 4.79. The molecule has 1 saturated carbocycles. The van der Waals surface area contributed by atoms with E-state index in [0.29, 0.717) is 19.3 Å². The number of esters is 2. The van der Waals surface area contributed by atoms with Gasteiger partial charge in [0, 0.05) is 0 Å². The highest BCUT2D eigenvalue weighted by Gasteiger charge is 2.40. The summed E-state index contributed by atoms with van der Waals surface area (Å²) in [6.45, 7) is 0. The first-order chi connectivity index (χ1) is 11.5. The molecule has 0 amide bonds. The highest BCUT2D eigenvalue weighted by Crippen LogP contribution is 2.40. The van der Waals surface area contributed by atoms with E-state index in [4.69, 9.17) is 14.2 Å². The first-order valence-corrected chi connectivity index (χ1v) is 7.99. The van der Waals surface area contributed by atoms with Crippen molar-refractivity contribution in [1.29, 1.82) is 0 Å². The minimum atomic E-state index is -0.862. The lowest BCUT2D eigenvalue weighted by atomic mass is 9.82. The van der Waals surface area contributed by atoms with Crippen molar-refractivity contribution in [3.63, 3.8) is 0 Å². The topological polar surface area (TPSA) is 82.1 Å². The van der Waals surface area contributed by atoms with Gasteiger partial charge in [-0.2, -0.15) is 0 Å². The number of benzene rings is 1. The van der Waals surface area contributed by atoms with Gasteiger partial charge < -0.3 is 19.3 Å². The molecule has 0 radical (unpaired) electrons. The van der Waals surface area contributed by atoms with E-state index >= 15 is 0 Å². The SMILES string of the molecule is COC(=O)[C@H]1CC[C@@H](C(=O)OC)[C@H](c2ccc(OC)cc2)C[C@@H]1O. The summed E-state index contributed by atoms with van der Waals surface area (Å²) in [5.41, 5.74) is 0.913. The van der Waals surface area contributed by atoms with E-state index in [2.05, 4.69) is 0 Å². The summed E-state index contributed by atoms with van der Waals surface area (Å²) in [6, 6.07) is 7.40. The molecule has 6 heteroatoms. The van der Waals surface area contributed by atoms with Crippen molar-refractivity contribution in [3.05, 3.63) is 29.8 Å². The number of aliphatic hydroxyl groups is 1. The summed E-state index contributed by atoms with van der Waals surface area (Å²) in [6.07, 6.45) is 0.283. The number of rotatable bonds is 4. The molecule has 2 rings (SSSR count). The Bertz CT molecular complexity index is 567. The van der Waals surface area contributed by atoms with Gasteiger partial charge in [-0.25, -0.2) is 0 Å². The minimum Gasteiger partial charge on any atom is -0.497 e. The summed E-state index contributed by atoms with van der Waals surface area (Å²) < 4.78 is 14.9. The molecule has 0 saturated heterocycles. The van der Waals surface area contributed by atoms with Crippen LogP contribution in [-0.2, 0) is 19.1 Å². The van der Waals surface area contributed by atoms with Crippen molar-refractivity contribution in [2.24, 2.45) is 11.8 Å². The zero-order valence-corrected chi connectivity index (χ0v) is 14.2. The lowest BCUT2D eigenvalue weighted by Crippen LogP contribution is -2.29. The number of methoxy groups -OCH3 is 3. The number of hydrogen-bond acceptors (Lipinski definition) is 6. The van der Waals surface area contributed by atoms with Gasteiger partial charge in [-0.15, -0.1) is 0 Å². The molecule has 0 heterocycles. The van der Waals surface area contributed by atoms with Gasteiger partial charge in [-0.1, -0.05) is 12.1 Å². The monoisotopic (exact) mass is 336 g/mol. The third-order valence-electron chi connectivity index (χ3n) is 4.79. The molecule has 1 aromatic rings. The van der Waals surface area contributed by atoms with Crippen LogP contribution in [0.5, 0.6) is 5.75 Å². The first-order valence-electron chi connectivity index (χ1n) is 7.99. The normalized spacial score (nSPS) is 27.0. The van der Waals surface area contributed by atoms with E-state index in [0.717, 1.165) is 11.3 Å². The summed E-state index contributed by atoms with van der Waals surface area (Å²) >= 11 is 0. The van der Waals surface area contributed by atoms with Crippen LogP contribution in [0.4, 0.5) is 0 Å². The Kier molecular flexibility index (Phi) is 6.20. The van der Waals surface area contributed by atoms with Gasteiger partial charge in [0.15, 0.2) is 0 Å². The van der Waals surface area contributed by atoms with Crippen molar-refractivity contribution >= 4 is 11.9 Å². The maximum Gasteiger partial charge on any atom is 0.311 e. The van der Waals surface area contributed by atoms with Crippen LogP contribution in [0.25, 0.3) is 0 Å². The Hall–Kier alpha value is -2.08. The van der Waals surface area contributed by atoms with Crippen molar-refractivity contribution in [1.82, 2.24) is 0 Å². The highest BCUT2D eigenvalue weighted by atomic mass is 16.5. The van der Waals surface area contributed by atoms with E-state index in [1.54, 1.807) is 7.11 Å². The summed E-state index contributed by atoms with van der Waals surface area (Å²) in [4.78, 5) is 24.1. The second kappa shape index (κ2) is 8.15. The number of aliphatic hydroxyl groups excluding tert-OH is 1. The first kappa shape index (κ1) is 18.3. The maximum absolute atomic E-state index is 12.2. The zero-order chi connectivity index (χ0) is 17.7. The molecule has 4 atom stereocenters. The van der Waals surface area contributed by atoms with Crippen LogP contribution in [0.1, 0.15) is 30.7 Å². The van der Waals surface area contributed by atoms with Gasteiger partial charge >= 0.3 is 11.9 Å². The van der Waals surface area contributed by atoms with Gasteiger partial charge in [0.1, 0.15) is 5.75 Å². The molecule has 24 heavy (non-hydrogen) atoms. The van der Waals surface area contributed by atoms with Gasteiger partial charge in [0.2, 0.25) is 0 Å². The van der Waals surface area contributed by atoms with E-state index < -0.39 is 23.9 Å². The van der Waals surface area contributed by atoms with Crippen LogP contribution in [0.15, 0.2) is 24.3 Å². The fourth-order valence-corrected chi connectivity index (χ4v) is 3.42. The Morgan fingerprint density at radius 1 is 0.958 bits per heavy atom. The fraction of sp³-hybridized carbons (Fsp3) is 0.556. The molecule has 0 spiro atoms. The van der Waals surface area contributed by atoms with Crippen molar-refractivity contribution < 1.29 is 28.9 Å². The zero-order valence-electron chi connectivity index (χ0n) is 14.2. The molecule has 0 bridgehead atoms. The van der Waals surface area contributed by atoms with Gasteiger partial charge in [0.05, 0.1) is 39.3 Å². The Morgan fingerprint density at radius 2 is 1.50 bits per heavy atom. The standard InChI is InChI=1S/C18H24O6/c1-22-12-6-4-11(5-7-12)15-10-16(19)14(18(21)24-3)9-8-13(15)17(20)23-2/h4-7,13-16,19H,8-10H2,1-3H3/t13-,14+,15+,16+/m1/s1. The molecule has 0 aliphatic heterocycles. The molecule has 1 aliphatic rings. The molecule has 0 aromatic heterocycles. The van der Waals surface area contributed by atoms with Gasteiger partial charge in [0.25, 0.3) is 0 Å². The quantitative estimate of drug-likeness (QED) is 0.668. The molecular weight excluding hydrogens is 312 g/mol. The van der Waals surface area contributed by atoms with Crippen molar-refractivity contribution in [3.8, 4) is 5.75 Å². The van der Waals surface area contributed by atoms with Crippen LogP contribution >= 0.6 is 0 Å². The van der Waals surface area contributed by atoms with Crippen LogP contribution < -0.4 is 4.74 Å². The fourth-order valence-electron chi connectivity index (χ4n) is 3.42. The molecule has 0 unspecified atom stereocenters. The number of carbonyl (C=O) groups excluding carboxylic acids is 2. The molecule has 132 valence electrons. The molecule has 1 aromatic carbocycles. The second-order valence-electron chi connectivity index (χ2n) is 6.02. The maximum atomic E-state index is 12.2. The second-order valence-corrected chi connectivity index (χ2v) is 6.02. The van der Waals surface area contributed by atoms with Crippen molar-refractivity contribution in [2.45, 2.75) is 31.3 Å². The summed E-state index contributed by atoms with van der Waals surface area (Å²) in [5.74, 6) is -1.31. The number of hydrogen-bond donors (Lipinski definition) is 1. The van der Waals surface area contributed by atoms with Crippen LogP contribution in [0, 0.1) is 11.8 Å². The predicted molar refractivity (Wildman–Crippen MR) is 86.6 cm³/mol. The Labute approximate surface area is 141 Å².